The van der Waals surface area contributed by atoms with Crippen LogP contribution in [0.1, 0.15) is 18.9 Å². The van der Waals surface area contributed by atoms with Gasteiger partial charge in [-0.1, -0.05) is 18.2 Å². The predicted molar refractivity (Wildman–Crippen MR) is 107 cm³/mol. The number of ether oxygens (including phenoxy) is 2. The quantitative estimate of drug-likeness (QED) is 0.865. The zero-order valence-electron chi connectivity index (χ0n) is 16.3. The minimum Gasteiger partial charge on any atom is -0.497 e. The van der Waals surface area contributed by atoms with Crippen molar-refractivity contribution in [2.75, 3.05) is 24.4 Å². The largest absolute Gasteiger partial charge is 0.497 e. The van der Waals surface area contributed by atoms with Gasteiger partial charge >= 0.3 is 0 Å². The summed E-state index contributed by atoms with van der Waals surface area (Å²) in [6, 6.07) is 13.3. The van der Waals surface area contributed by atoms with E-state index in [1.807, 2.05) is 23.1 Å². The van der Waals surface area contributed by atoms with Gasteiger partial charge in [-0.3, -0.25) is 9.59 Å². The number of hydrogen-bond donors (Lipinski definition) is 1. The first-order valence-corrected chi connectivity index (χ1v) is 9.47. The van der Waals surface area contributed by atoms with Crippen LogP contribution in [0.25, 0.3) is 0 Å². The zero-order valence-corrected chi connectivity index (χ0v) is 16.3. The van der Waals surface area contributed by atoms with E-state index in [0.29, 0.717) is 23.6 Å². The molecule has 1 aliphatic carbocycles. The number of methoxy groups -OCH3 is 2. The molecule has 2 amide bonds. The third-order valence-electron chi connectivity index (χ3n) is 5.55. The number of nitrogens with one attached hydrogen (secondary N) is 1. The second-order valence-electron chi connectivity index (χ2n) is 7.39. The molecular formula is C22H24N2O4. The first-order chi connectivity index (χ1) is 13.5. The number of amides is 2. The molecule has 1 aliphatic heterocycles. The Morgan fingerprint density at radius 1 is 1.07 bits per heavy atom. The predicted octanol–water partition coefficient (Wildman–Crippen LogP) is 3.26. The van der Waals surface area contributed by atoms with E-state index in [1.165, 1.54) is 5.56 Å². The van der Waals surface area contributed by atoms with Crippen molar-refractivity contribution in [3.05, 3.63) is 48.0 Å². The molecule has 0 bridgehead atoms. The Hall–Kier alpha value is -3.02. The van der Waals surface area contributed by atoms with E-state index < -0.39 is 0 Å². The molecule has 1 fully saturated rings. The topological polar surface area (TPSA) is 67.9 Å². The van der Waals surface area contributed by atoms with Gasteiger partial charge in [-0.2, -0.15) is 0 Å². The summed E-state index contributed by atoms with van der Waals surface area (Å²) in [5, 5.41) is 2.89. The fourth-order valence-electron chi connectivity index (χ4n) is 3.97. The Morgan fingerprint density at radius 2 is 1.86 bits per heavy atom. The Morgan fingerprint density at radius 3 is 2.61 bits per heavy atom. The second-order valence-corrected chi connectivity index (χ2v) is 7.39. The van der Waals surface area contributed by atoms with Crippen LogP contribution >= 0.6 is 0 Å². The third kappa shape index (κ3) is 3.19. The van der Waals surface area contributed by atoms with Crippen LogP contribution in [-0.2, 0) is 16.0 Å². The van der Waals surface area contributed by atoms with Crippen LogP contribution < -0.4 is 19.7 Å². The van der Waals surface area contributed by atoms with Gasteiger partial charge in [0, 0.05) is 17.8 Å². The molecule has 3 unspecified atom stereocenters. The molecule has 0 saturated heterocycles. The van der Waals surface area contributed by atoms with Gasteiger partial charge in [0.1, 0.15) is 11.5 Å². The van der Waals surface area contributed by atoms with E-state index >= 15 is 0 Å². The second kappa shape index (κ2) is 7.19. The average molecular weight is 380 g/mol. The standard InChI is InChI=1S/C22H24N2O4/c1-13-10-14-6-4-5-7-19(14)24(13)22(26)17-12-16(17)21(25)23-18-11-15(27-2)8-9-20(18)28-3/h4-9,11,13,16-17H,10,12H2,1-3H3,(H,23,25). The molecule has 0 radical (unpaired) electrons. The zero-order chi connectivity index (χ0) is 19.8. The van der Waals surface area contributed by atoms with Crippen LogP contribution in [0.15, 0.2) is 42.5 Å². The number of fused-ring (bicyclic) bond motifs is 1. The first kappa shape index (κ1) is 18.3. The molecule has 0 spiro atoms. The maximum Gasteiger partial charge on any atom is 0.231 e. The van der Waals surface area contributed by atoms with Gasteiger partial charge in [-0.15, -0.1) is 0 Å². The summed E-state index contributed by atoms with van der Waals surface area (Å²) >= 11 is 0. The minimum atomic E-state index is -0.316. The smallest absolute Gasteiger partial charge is 0.231 e. The van der Waals surface area contributed by atoms with Crippen LogP contribution in [0.4, 0.5) is 11.4 Å². The Balaban J connectivity index is 1.46. The highest BCUT2D eigenvalue weighted by Gasteiger charge is 2.51. The highest BCUT2D eigenvalue weighted by atomic mass is 16.5. The van der Waals surface area contributed by atoms with Crippen LogP contribution in [-0.4, -0.2) is 32.1 Å². The van der Waals surface area contributed by atoms with Crippen molar-refractivity contribution in [3.8, 4) is 11.5 Å². The summed E-state index contributed by atoms with van der Waals surface area (Å²) in [5.74, 6) is 0.468. The highest BCUT2D eigenvalue weighted by Crippen LogP contribution is 2.44. The Bertz CT molecular complexity index is 927. The van der Waals surface area contributed by atoms with Gasteiger partial charge in [0.15, 0.2) is 0 Å². The van der Waals surface area contributed by atoms with E-state index in [0.717, 1.165) is 12.1 Å². The SMILES string of the molecule is COc1ccc(OC)c(NC(=O)C2CC2C(=O)N2c3ccccc3CC2C)c1. The molecule has 2 aromatic carbocycles. The maximum atomic E-state index is 13.1. The molecule has 3 atom stereocenters. The van der Waals surface area contributed by atoms with E-state index in [-0.39, 0.29) is 29.7 Å². The summed E-state index contributed by atoms with van der Waals surface area (Å²) in [6.07, 6.45) is 1.43. The molecule has 1 saturated carbocycles. The summed E-state index contributed by atoms with van der Waals surface area (Å²) in [6.45, 7) is 2.05. The number of benzene rings is 2. The Kier molecular flexibility index (Phi) is 4.71. The molecule has 28 heavy (non-hydrogen) atoms. The van der Waals surface area contributed by atoms with E-state index in [4.69, 9.17) is 9.47 Å². The maximum absolute atomic E-state index is 13.1. The lowest BCUT2D eigenvalue weighted by Gasteiger charge is -2.23. The van der Waals surface area contributed by atoms with Crippen LogP contribution in [0.5, 0.6) is 11.5 Å². The molecule has 6 nitrogen and oxygen atoms in total. The molecule has 1 N–H and O–H groups in total. The number of carbonyl (C=O) groups excluding carboxylic acids is 2. The fourth-order valence-corrected chi connectivity index (χ4v) is 3.97. The lowest BCUT2D eigenvalue weighted by molar-refractivity contribution is -0.123. The van der Waals surface area contributed by atoms with Gasteiger partial charge < -0.3 is 19.7 Å². The summed E-state index contributed by atoms with van der Waals surface area (Å²) in [4.78, 5) is 27.7. The van der Waals surface area contributed by atoms with Crippen molar-refractivity contribution in [1.29, 1.82) is 0 Å². The molecule has 6 heteroatoms. The summed E-state index contributed by atoms with van der Waals surface area (Å²) in [7, 11) is 3.12. The van der Waals surface area contributed by atoms with E-state index in [1.54, 1.807) is 32.4 Å². The molecular weight excluding hydrogens is 356 g/mol. The monoisotopic (exact) mass is 380 g/mol. The minimum absolute atomic E-state index is 0.0372. The molecule has 0 aromatic heterocycles. The van der Waals surface area contributed by atoms with E-state index in [2.05, 4.69) is 18.3 Å². The number of carbonyl (C=O) groups is 2. The van der Waals surface area contributed by atoms with Gasteiger partial charge in [0.2, 0.25) is 11.8 Å². The van der Waals surface area contributed by atoms with Crippen molar-refractivity contribution < 1.29 is 19.1 Å². The summed E-state index contributed by atoms with van der Waals surface area (Å²) in [5.41, 5.74) is 2.71. The fraction of sp³-hybridized carbons (Fsp3) is 0.364. The molecule has 1 heterocycles. The molecule has 4 rings (SSSR count). The average Bonchev–Trinajstić information content (AvgIpc) is 3.43. The number of rotatable bonds is 5. The lowest BCUT2D eigenvalue weighted by atomic mass is 10.1. The van der Waals surface area contributed by atoms with Gasteiger partial charge in [-0.25, -0.2) is 0 Å². The van der Waals surface area contributed by atoms with Gasteiger partial charge in [0.05, 0.1) is 31.7 Å². The van der Waals surface area contributed by atoms with Gasteiger partial charge in [-0.05, 0) is 43.5 Å². The molecule has 2 aromatic rings. The number of hydrogen-bond acceptors (Lipinski definition) is 4. The van der Waals surface area contributed by atoms with Crippen LogP contribution in [0.2, 0.25) is 0 Å². The summed E-state index contributed by atoms with van der Waals surface area (Å²) < 4.78 is 10.5. The van der Waals surface area contributed by atoms with Crippen molar-refractivity contribution in [2.24, 2.45) is 11.8 Å². The highest BCUT2D eigenvalue weighted by molar-refractivity contribution is 6.05. The number of para-hydroxylation sites is 1. The third-order valence-corrected chi connectivity index (χ3v) is 5.55. The first-order valence-electron chi connectivity index (χ1n) is 9.47. The lowest BCUT2D eigenvalue weighted by Crippen LogP contribution is -2.37. The van der Waals surface area contributed by atoms with Crippen molar-refractivity contribution >= 4 is 23.2 Å². The Labute approximate surface area is 164 Å². The number of anilines is 2. The molecule has 2 aliphatic rings. The number of nitrogens with zero attached hydrogens (tertiary/aromatic N) is 1. The van der Waals surface area contributed by atoms with Crippen molar-refractivity contribution in [2.45, 2.75) is 25.8 Å². The normalized spacial score (nSPS) is 22.4. The van der Waals surface area contributed by atoms with Crippen molar-refractivity contribution in [1.82, 2.24) is 0 Å². The van der Waals surface area contributed by atoms with E-state index in [9.17, 15) is 9.59 Å². The van der Waals surface area contributed by atoms with Crippen molar-refractivity contribution in [3.63, 3.8) is 0 Å². The van der Waals surface area contributed by atoms with Gasteiger partial charge in [0.25, 0.3) is 0 Å². The van der Waals surface area contributed by atoms with Crippen LogP contribution in [0.3, 0.4) is 0 Å². The van der Waals surface area contributed by atoms with Crippen LogP contribution in [0, 0.1) is 11.8 Å². The molecule has 146 valence electrons.